The molecule has 3 nitrogen and oxygen atoms in total. The molecule has 1 rings (SSSR count). The number of nitrogens with zero attached hydrogens (tertiary/aromatic N) is 1. The Morgan fingerprint density at radius 3 is 2.59 bits per heavy atom. The van der Waals surface area contributed by atoms with Crippen molar-refractivity contribution in [2.75, 3.05) is 7.05 Å². The van der Waals surface area contributed by atoms with Crippen molar-refractivity contribution in [1.29, 1.82) is 0 Å². The average molecular weight is 236 g/mol. The van der Waals surface area contributed by atoms with Gasteiger partial charge in [-0.1, -0.05) is 19.9 Å². The Bertz CT molecular complexity index is 339. The fraction of sp³-hybridized carbons (Fsp3) is 0.643. The third-order valence-corrected chi connectivity index (χ3v) is 2.82. The second-order valence-electron chi connectivity index (χ2n) is 4.97. The van der Waals surface area contributed by atoms with Crippen LogP contribution in [0.3, 0.4) is 0 Å². The molecule has 0 aliphatic carbocycles. The van der Waals surface area contributed by atoms with Gasteiger partial charge in [0, 0.05) is 17.8 Å². The zero-order valence-electron chi connectivity index (χ0n) is 11.5. The van der Waals surface area contributed by atoms with Crippen molar-refractivity contribution < 1.29 is 4.74 Å². The summed E-state index contributed by atoms with van der Waals surface area (Å²) in [5.41, 5.74) is 1.12. The molecule has 0 fully saturated rings. The molecule has 0 saturated heterocycles. The monoisotopic (exact) mass is 236 g/mol. The molecule has 3 heteroatoms. The van der Waals surface area contributed by atoms with Crippen molar-refractivity contribution in [3.63, 3.8) is 0 Å². The number of aromatic nitrogens is 1. The molecule has 96 valence electrons. The molecule has 0 aliphatic rings. The first-order valence-electron chi connectivity index (χ1n) is 6.33. The van der Waals surface area contributed by atoms with Crippen molar-refractivity contribution in [2.45, 2.75) is 46.3 Å². The molecular weight excluding hydrogens is 212 g/mol. The van der Waals surface area contributed by atoms with Crippen LogP contribution in [0.5, 0.6) is 5.88 Å². The van der Waals surface area contributed by atoms with Gasteiger partial charge in [0.15, 0.2) is 0 Å². The Morgan fingerprint density at radius 2 is 2.00 bits per heavy atom. The smallest absolute Gasteiger partial charge is 0.218 e. The Kier molecular flexibility index (Phi) is 5.42. The second-order valence-corrected chi connectivity index (χ2v) is 4.97. The first-order chi connectivity index (χ1) is 8.04. The van der Waals surface area contributed by atoms with Crippen LogP contribution in [0.4, 0.5) is 0 Å². The van der Waals surface area contributed by atoms with Gasteiger partial charge in [0.1, 0.15) is 0 Å². The van der Waals surface area contributed by atoms with Gasteiger partial charge >= 0.3 is 0 Å². The van der Waals surface area contributed by atoms with E-state index in [4.69, 9.17) is 4.74 Å². The van der Waals surface area contributed by atoms with E-state index in [-0.39, 0.29) is 12.1 Å². The van der Waals surface area contributed by atoms with E-state index in [0.717, 1.165) is 17.9 Å². The van der Waals surface area contributed by atoms with Gasteiger partial charge in [-0.3, -0.25) is 0 Å². The summed E-state index contributed by atoms with van der Waals surface area (Å²) in [6.45, 7) is 8.62. The lowest BCUT2D eigenvalue weighted by Crippen LogP contribution is -2.19. The summed E-state index contributed by atoms with van der Waals surface area (Å²) >= 11 is 0. The van der Waals surface area contributed by atoms with Gasteiger partial charge in [0.25, 0.3) is 0 Å². The fourth-order valence-corrected chi connectivity index (χ4v) is 1.89. The van der Waals surface area contributed by atoms with Crippen LogP contribution in [0, 0.1) is 5.92 Å². The molecule has 0 bridgehead atoms. The average Bonchev–Trinajstić information content (AvgIpc) is 2.27. The summed E-state index contributed by atoms with van der Waals surface area (Å²) < 4.78 is 5.93. The zero-order valence-corrected chi connectivity index (χ0v) is 11.5. The van der Waals surface area contributed by atoms with E-state index in [1.165, 1.54) is 0 Å². The highest BCUT2D eigenvalue weighted by Crippen LogP contribution is 2.23. The topological polar surface area (TPSA) is 34.2 Å². The molecule has 0 saturated carbocycles. The Hall–Kier alpha value is -1.09. The van der Waals surface area contributed by atoms with E-state index >= 15 is 0 Å². The highest BCUT2D eigenvalue weighted by molar-refractivity contribution is 5.28. The van der Waals surface area contributed by atoms with Gasteiger partial charge in [-0.25, -0.2) is 4.98 Å². The minimum absolute atomic E-state index is 0.202. The highest BCUT2D eigenvalue weighted by atomic mass is 16.5. The number of rotatable bonds is 6. The second kappa shape index (κ2) is 6.60. The molecule has 0 amide bonds. The van der Waals surface area contributed by atoms with Gasteiger partial charge in [-0.05, 0) is 39.3 Å². The summed E-state index contributed by atoms with van der Waals surface area (Å²) in [5, 5.41) is 3.22. The first kappa shape index (κ1) is 14.0. The largest absolute Gasteiger partial charge is 0.474 e. The maximum atomic E-state index is 5.93. The molecule has 1 aromatic heterocycles. The Labute approximate surface area is 105 Å². The lowest BCUT2D eigenvalue weighted by atomic mass is 10.1. The van der Waals surface area contributed by atoms with Gasteiger partial charge in [0.05, 0.1) is 6.10 Å². The van der Waals surface area contributed by atoms with Crippen LogP contribution in [0.15, 0.2) is 18.3 Å². The fourth-order valence-electron chi connectivity index (χ4n) is 1.89. The molecule has 1 N–H and O–H groups in total. The SMILES string of the molecule is CNC(C)c1cccnc1OC(C)CC(C)C. The molecule has 0 aliphatic heterocycles. The molecule has 0 radical (unpaired) electrons. The van der Waals surface area contributed by atoms with Crippen molar-refractivity contribution in [3.05, 3.63) is 23.9 Å². The molecule has 2 unspecified atom stereocenters. The van der Waals surface area contributed by atoms with Gasteiger partial charge < -0.3 is 10.1 Å². The zero-order chi connectivity index (χ0) is 12.8. The summed E-state index contributed by atoms with van der Waals surface area (Å²) in [5.74, 6) is 1.39. The third-order valence-electron chi connectivity index (χ3n) is 2.82. The van der Waals surface area contributed by atoms with E-state index in [1.54, 1.807) is 6.20 Å². The normalized spacial score (nSPS) is 14.7. The van der Waals surface area contributed by atoms with E-state index in [2.05, 4.69) is 44.1 Å². The van der Waals surface area contributed by atoms with Crippen LogP contribution in [-0.4, -0.2) is 18.1 Å². The lowest BCUT2D eigenvalue weighted by Gasteiger charge is -2.20. The van der Waals surface area contributed by atoms with Gasteiger partial charge in [-0.2, -0.15) is 0 Å². The third kappa shape index (κ3) is 4.35. The number of hydrogen-bond acceptors (Lipinski definition) is 3. The summed E-state index contributed by atoms with van der Waals surface area (Å²) in [7, 11) is 1.94. The van der Waals surface area contributed by atoms with Gasteiger partial charge in [0.2, 0.25) is 5.88 Å². The van der Waals surface area contributed by atoms with E-state index in [9.17, 15) is 0 Å². The summed E-state index contributed by atoms with van der Waals surface area (Å²) in [4.78, 5) is 4.33. The number of hydrogen-bond donors (Lipinski definition) is 1. The minimum Gasteiger partial charge on any atom is -0.474 e. The minimum atomic E-state index is 0.202. The van der Waals surface area contributed by atoms with Crippen LogP contribution in [0.25, 0.3) is 0 Å². The molecule has 0 spiro atoms. The summed E-state index contributed by atoms with van der Waals surface area (Å²) in [6, 6.07) is 4.26. The van der Waals surface area contributed by atoms with Crippen LogP contribution in [0.2, 0.25) is 0 Å². The molecule has 1 heterocycles. The number of nitrogens with one attached hydrogen (secondary N) is 1. The van der Waals surface area contributed by atoms with Crippen molar-refractivity contribution in [1.82, 2.24) is 10.3 Å². The quantitative estimate of drug-likeness (QED) is 0.823. The molecule has 2 atom stereocenters. The maximum absolute atomic E-state index is 5.93. The van der Waals surface area contributed by atoms with Gasteiger partial charge in [-0.15, -0.1) is 0 Å². The maximum Gasteiger partial charge on any atom is 0.218 e. The van der Waals surface area contributed by atoms with E-state index in [0.29, 0.717) is 5.92 Å². The summed E-state index contributed by atoms with van der Waals surface area (Å²) in [6.07, 6.45) is 3.03. The Morgan fingerprint density at radius 1 is 1.29 bits per heavy atom. The predicted octanol–water partition coefficient (Wildman–Crippen LogP) is 3.18. The highest BCUT2D eigenvalue weighted by Gasteiger charge is 2.14. The van der Waals surface area contributed by atoms with Crippen LogP contribution < -0.4 is 10.1 Å². The Balaban J connectivity index is 2.76. The van der Waals surface area contributed by atoms with E-state index in [1.807, 2.05) is 13.1 Å². The first-order valence-corrected chi connectivity index (χ1v) is 6.33. The van der Waals surface area contributed by atoms with Crippen LogP contribution >= 0.6 is 0 Å². The van der Waals surface area contributed by atoms with Crippen LogP contribution in [-0.2, 0) is 0 Å². The number of ether oxygens (including phenoxy) is 1. The van der Waals surface area contributed by atoms with E-state index < -0.39 is 0 Å². The predicted molar refractivity (Wildman–Crippen MR) is 71.3 cm³/mol. The van der Waals surface area contributed by atoms with Crippen molar-refractivity contribution in [3.8, 4) is 5.88 Å². The molecular formula is C14H24N2O. The molecule has 1 aromatic rings. The standard InChI is InChI=1S/C14H24N2O/c1-10(2)9-11(3)17-14-13(12(4)15-5)7-6-8-16-14/h6-8,10-12,15H,9H2,1-5H3. The van der Waals surface area contributed by atoms with Crippen molar-refractivity contribution in [2.24, 2.45) is 5.92 Å². The van der Waals surface area contributed by atoms with Crippen molar-refractivity contribution >= 4 is 0 Å². The number of pyridine rings is 1. The molecule has 0 aromatic carbocycles. The van der Waals surface area contributed by atoms with Crippen LogP contribution in [0.1, 0.15) is 45.7 Å². The molecule has 17 heavy (non-hydrogen) atoms. The lowest BCUT2D eigenvalue weighted by molar-refractivity contribution is 0.182.